The van der Waals surface area contributed by atoms with Crippen LogP contribution in [0.3, 0.4) is 0 Å². The van der Waals surface area contributed by atoms with Gasteiger partial charge in [0, 0.05) is 17.3 Å². The van der Waals surface area contributed by atoms with Crippen molar-refractivity contribution in [2.45, 2.75) is 6.92 Å². The molecule has 1 radical (unpaired) electrons. The van der Waals surface area contributed by atoms with Crippen LogP contribution in [0.4, 0.5) is 0 Å². The fraction of sp³-hybridized carbons (Fsp3) is 0.182. The summed E-state index contributed by atoms with van der Waals surface area (Å²) in [6.07, 6.45) is 3.62. The number of rotatable bonds is 3. The van der Waals surface area contributed by atoms with Crippen LogP contribution >= 0.6 is 0 Å². The molecule has 0 fully saturated rings. The van der Waals surface area contributed by atoms with Crippen molar-refractivity contribution < 1.29 is 4.74 Å². The van der Waals surface area contributed by atoms with Crippen molar-refractivity contribution in [3.8, 4) is 16.9 Å². The highest BCUT2D eigenvalue weighted by Crippen LogP contribution is 2.28. The fourth-order valence-corrected chi connectivity index (χ4v) is 1.33. The van der Waals surface area contributed by atoms with Crippen molar-refractivity contribution in [1.82, 2.24) is 10.2 Å². The normalized spacial score (nSPS) is 10.1. The van der Waals surface area contributed by atoms with E-state index in [9.17, 15) is 0 Å². The van der Waals surface area contributed by atoms with Crippen LogP contribution in [0.2, 0.25) is 0 Å². The Bertz CT molecular complexity index is 395. The van der Waals surface area contributed by atoms with Crippen LogP contribution in [0.1, 0.15) is 6.92 Å². The van der Waals surface area contributed by atoms with Crippen molar-refractivity contribution >= 4 is 0 Å². The van der Waals surface area contributed by atoms with Gasteiger partial charge in [-0.2, -0.15) is 5.10 Å². The number of ether oxygens (including phenoxy) is 1. The Morgan fingerprint density at radius 2 is 2.50 bits per heavy atom. The van der Waals surface area contributed by atoms with E-state index < -0.39 is 0 Å². The van der Waals surface area contributed by atoms with Crippen molar-refractivity contribution in [2.75, 3.05) is 6.61 Å². The van der Waals surface area contributed by atoms with Gasteiger partial charge in [-0.05, 0) is 25.1 Å². The number of aromatic nitrogens is 2. The zero-order chi connectivity index (χ0) is 9.80. The summed E-state index contributed by atoms with van der Waals surface area (Å²) in [6.45, 7) is 2.62. The molecule has 3 nitrogen and oxygen atoms in total. The first-order chi connectivity index (χ1) is 6.92. The lowest BCUT2D eigenvalue weighted by molar-refractivity contribution is 0.341. The van der Waals surface area contributed by atoms with E-state index in [1.165, 1.54) is 0 Å². The van der Waals surface area contributed by atoms with Gasteiger partial charge < -0.3 is 4.74 Å². The third-order valence-corrected chi connectivity index (χ3v) is 1.94. The van der Waals surface area contributed by atoms with Gasteiger partial charge in [0.2, 0.25) is 0 Å². The van der Waals surface area contributed by atoms with Crippen LogP contribution in [0, 0.1) is 6.07 Å². The molecule has 0 bridgehead atoms. The third kappa shape index (κ3) is 1.62. The lowest BCUT2D eigenvalue weighted by Crippen LogP contribution is -1.93. The summed E-state index contributed by atoms with van der Waals surface area (Å²) in [5, 5.41) is 6.69. The minimum absolute atomic E-state index is 0.655. The summed E-state index contributed by atoms with van der Waals surface area (Å²) in [6, 6.07) is 8.67. The molecule has 1 N–H and O–H groups in total. The second-order valence-electron chi connectivity index (χ2n) is 2.84. The monoisotopic (exact) mass is 187 g/mol. The number of hydrogen-bond acceptors (Lipinski definition) is 2. The van der Waals surface area contributed by atoms with Crippen molar-refractivity contribution in [3.05, 3.63) is 36.7 Å². The molecule has 0 saturated heterocycles. The van der Waals surface area contributed by atoms with Gasteiger partial charge in [0.25, 0.3) is 0 Å². The lowest BCUT2D eigenvalue weighted by Gasteiger charge is -2.07. The Kier molecular flexibility index (Phi) is 2.49. The van der Waals surface area contributed by atoms with E-state index >= 15 is 0 Å². The summed E-state index contributed by atoms with van der Waals surface area (Å²) in [4.78, 5) is 0. The van der Waals surface area contributed by atoms with E-state index in [0.29, 0.717) is 6.61 Å². The van der Waals surface area contributed by atoms with Gasteiger partial charge in [0.1, 0.15) is 5.75 Å². The smallest absolute Gasteiger partial charge is 0.127 e. The first-order valence-corrected chi connectivity index (χ1v) is 4.54. The van der Waals surface area contributed by atoms with Crippen LogP contribution in [0.25, 0.3) is 11.1 Å². The molecule has 0 spiro atoms. The van der Waals surface area contributed by atoms with Gasteiger partial charge in [0.15, 0.2) is 0 Å². The van der Waals surface area contributed by atoms with E-state index in [0.717, 1.165) is 16.9 Å². The standard InChI is InChI=1S/C11H11N2O/c1-2-14-11-6-4-3-5-10(11)9-7-12-13-8-9/h3,5-8H,2H2,1H3,(H,12,13). The highest BCUT2D eigenvalue weighted by Gasteiger charge is 2.05. The second kappa shape index (κ2) is 3.96. The molecule has 1 aromatic carbocycles. The number of H-pyrrole nitrogens is 1. The minimum atomic E-state index is 0.655. The molecule has 0 amide bonds. The van der Waals surface area contributed by atoms with Crippen LogP contribution in [0.15, 0.2) is 30.6 Å². The Morgan fingerprint density at radius 3 is 3.21 bits per heavy atom. The molecule has 0 atom stereocenters. The zero-order valence-electron chi connectivity index (χ0n) is 7.95. The summed E-state index contributed by atoms with van der Waals surface area (Å²) in [5.41, 5.74) is 2.07. The average molecular weight is 187 g/mol. The Hall–Kier alpha value is -1.77. The summed E-state index contributed by atoms with van der Waals surface area (Å²) < 4.78 is 5.49. The van der Waals surface area contributed by atoms with Crippen LogP contribution in [0.5, 0.6) is 5.75 Å². The molecular weight excluding hydrogens is 176 g/mol. The van der Waals surface area contributed by atoms with E-state index in [-0.39, 0.29) is 0 Å². The molecule has 0 unspecified atom stereocenters. The van der Waals surface area contributed by atoms with Gasteiger partial charge in [-0.25, -0.2) is 0 Å². The van der Waals surface area contributed by atoms with Crippen LogP contribution in [-0.2, 0) is 0 Å². The maximum atomic E-state index is 5.49. The molecule has 0 aliphatic rings. The molecule has 1 aromatic heterocycles. The van der Waals surface area contributed by atoms with Gasteiger partial charge in [-0.1, -0.05) is 6.07 Å². The van der Waals surface area contributed by atoms with Crippen LogP contribution < -0.4 is 4.74 Å². The largest absolute Gasteiger partial charge is 0.493 e. The molecule has 2 rings (SSSR count). The summed E-state index contributed by atoms with van der Waals surface area (Å²) >= 11 is 0. The maximum Gasteiger partial charge on any atom is 0.127 e. The Morgan fingerprint density at radius 1 is 1.57 bits per heavy atom. The minimum Gasteiger partial charge on any atom is -0.493 e. The predicted octanol–water partition coefficient (Wildman–Crippen LogP) is 2.28. The van der Waals surface area contributed by atoms with Gasteiger partial charge in [-0.15, -0.1) is 0 Å². The van der Waals surface area contributed by atoms with E-state index in [2.05, 4.69) is 16.3 Å². The van der Waals surface area contributed by atoms with Crippen molar-refractivity contribution in [3.63, 3.8) is 0 Å². The molecule has 0 aliphatic carbocycles. The molecule has 3 heteroatoms. The maximum absolute atomic E-state index is 5.49. The molecule has 0 saturated carbocycles. The predicted molar refractivity (Wildman–Crippen MR) is 54.0 cm³/mol. The molecule has 71 valence electrons. The number of nitrogens with zero attached hydrogens (tertiary/aromatic N) is 1. The first-order valence-electron chi connectivity index (χ1n) is 4.54. The number of aromatic amines is 1. The Labute approximate surface area is 82.7 Å². The number of nitrogens with one attached hydrogen (secondary N) is 1. The summed E-state index contributed by atoms with van der Waals surface area (Å²) in [5.74, 6) is 0.844. The van der Waals surface area contributed by atoms with E-state index in [1.807, 2.05) is 31.3 Å². The van der Waals surface area contributed by atoms with E-state index in [1.54, 1.807) is 6.20 Å². The molecule has 2 aromatic rings. The van der Waals surface area contributed by atoms with Crippen LogP contribution in [-0.4, -0.2) is 16.8 Å². The average Bonchev–Trinajstić information content (AvgIpc) is 2.72. The highest BCUT2D eigenvalue weighted by molar-refractivity contribution is 5.68. The topological polar surface area (TPSA) is 37.9 Å². The molecule has 1 heterocycles. The highest BCUT2D eigenvalue weighted by atomic mass is 16.5. The number of benzene rings is 1. The zero-order valence-corrected chi connectivity index (χ0v) is 7.95. The van der Waals surface area contributed by atoms with Crippen molar-refractivity contribution in [1.29, 1.82) is 0 Å². The number of hydrogen-bond donors (Lipinski definition) is 1. The third-order valence-electron chi connectivity index (χ3n) is 1.94. The van der Waals surface area contributed by atoms with Gasteiger partial charge in [-0.3, -0.25) is 5.10 Å². The van der Waals surface area contributed by atoms with Gasteiger partial charge in [0.05, 0.1) is 12.8 Å². The molecule has 0 aliphatic heterocycles. The molecular formula is C11H11N2O. The van der Waals surface area contributed by atoms with Crippen molar-refractivity contribution in [2.24, 2.45) is 0 Å². The first kappa shape index (κ1) is 8.81. The lowest BCUT2D eigenvalue weighted by atomic mass is 10.1. The fourth-order valence-electron chi connectivity index (χ4n) is 1.33. The summed E-state index contributed by atoms with van der Waals surface area (Å²) in [7, 11) is 0. The molecule has 14 heavy (non-hydrogen) atoms. The second-order valence-corrected chi connectivity index (χ2v) is 2.84. The SMILES string of the molecule is CCOc1c[c]ccc1-c1cn[nH]c1. The Balaban J connectivity index is 2.42. The van der Waals surface area contributed by atoms with Gasteiger partial charge >= 0.3 is 0 Å². The quantitative estimate of drug-likeness (QED) is 0.800. The van der Waals surface area contributed by atoms with E-state index in [4.69, 9.17) is 4.74 Å².